The van der Waals surface area contributed by atoms with Gasteiger partial charge in [0.2, 0.25) is 0 Å². The lowest BCUT2D eigenvalue weighted by Gasteiger charge is -2.28. The molecule has 1 fully saturated rings. The molecule has 11 heteroatoms. The topological polar surface area (TPSA) is 110 Å². The molecule has 0 unspecified atom stereocenters. The maximum atomic E-state index is 13.0. The van der Waals surface area contributed by atoms with E-state index in [4.69, 9.17) is 8.92 Å². The van der Waals surface area contributed by atoms with Gasteiger partial charge in [-0.25, -0.2) is 9.18 Å². The van der Waals surface area contributed by atoms with E-state index >= 15 is 0 Å². The standard InChI is InChI=1S/C20H17FN2O7S/c1-22-18(24)15(19(25)23(2)20(22)26)10-12-4-9-16(17(11-12)29-3)30-31(27,28)14-7-5-13(21)6-8-14/h4-11H,1-3H3. The van der Waals surface area contributed by atoms with Crippen LogP contribution in [0.4, 0.5) is 9.18 Å². The fourth-order valence-corrected chi connectivity index (χ4v) is 3.69. The summed E-state index contributed by atoms with van der Waals surface area (Å²) < 4.78 is 48.2. The molecule has 4 amide bonds. The highest BCUT2D eigenvalue weighted by molar-refractivity contribution is 7.87. The molecule has 0 atom stereocenters. The average molecular weight is 448 g/mol. The summed E-state index contributed by atoms with van der Waals surface area (Å²) in [5.74, 6) is -2.29. The largest absolute Gasteiger partial charge is 0.493 e. The van der Waals surface area contributed by atoms with Gasteiger partial charge in [-0.2, -0.15) is 8.42 Å². The molecule has 0 radical (unpaired) electrons. The lowest BCUT2D eigenvalue weighted by atomic mass is 10.1. The second-order valence-corrected chi connectivity index (χ2v) is 8.02. The van der Waals surface area contributed by atoms with E-state index in [0.29, 0.717) is 5.56 Å². The summed E-state index contributed by atoms with van der Waals surface area (Å²) in [4.78, 5) is 37.8. The molecule has 2 aromatic rings. The van der Waals surface area contributed by atoms with Crippen LogP contribution in [0.15, 0.2) is 52.9 Å². The van der Waals surface area contributed by atoms with Crippen molar-refractivity contribution in [3.63, 3.8) is 0 Å². The van der Waals surface area contributed by atoms with Gasteiger partial charge in [0.15, 0.2) is 11.5 Å². The SMILES string of the molecule is COc1cc(C=C2C(=O)N(C)C(=O)N(C)C2=O)ccc1OS(=O)(=O)c1ccc(F)cc1. The molecule has 0 saturated carbocycles. The number of methoxy groups -OCH3 is 1. The van der Waals surface area contributed by atoms with Crippen LogP contribution in [0.3, 0.4) is 0 Å². The summed E-state index contributed by atoms with van der Waals surface area (Å²) in [6.45, 7) is 0. The van der Waals surface area contributed by atoms with E-state index < -0.39 is 33.8 Å². The maximum absolute atomic E-state index is 13.0. The van der Waals surface area contributed by atoms with Gasteiger partial charge in [0, 0.05) is 14.1 Å². The Hall–Kier alpha value is -3.73. The Balaban J connectivity index is 1.94. The molecular weight excluding hydrogens is 431 g/mol. The summed E-state index contributed by atoms with van der Waals surface area (Å²) in [6.07, 6.45) is 1.25. The number of hydrogen-bond donors (Lipinski definition) is 0. The number of rotatable bonds is 5. The van der Waals surface area contributed by atoms with Crippen LogP contribution in [0.5, 0.6) is 11.5 Å². The van der Waals surface area contributed by atoms with Gasteiger partial charge in [0.1, 0.15) is 16.3 Å². The van der Waals surface area contributed by atoms with Crippen molar-refractivity contribution in [3.8, 4) is 11.5 Å². The normalized spacial score (nSPS) is 14.7. The minimum Gasteiger partial charge on any atom is -0.493 e. The van der Waals surface area contributed by atoms with Crippen LogP contribution in [0, 0.1) is 5.82 Å². The van der Waals surface area contributed by atoms with E-state index in [1.165, 1.54) is 45.5 Å². The zero-order valence-electron chi connectivity index (χ0n) is 16.7. The molecule has 0 aliphatic carbocycles. The summed E-state index contributed by atoms with van der Waals surface area (Å²) >= 11 is 0. The van der Waals surface area contributed by atoms with Crippen LogP contribution in [-0.4, -0.2) is 57.3 Å². The Labute approximate surface area is 177 Å². The fourth-order valence-electron chi connectivity index (χ4n) is 2.75. The molecule has 31 heavy (non-hydrogen) atoms. The minimum atomic E-state index is -4.26. The monoisotopic (exact) mass is 448 g/mol. The van der Waals surface area contributed by atoms with Crippen molar-refractivity contribution in [2.24, 2.45) is 0 Å². The first-order valence-corrected chi connectivity index (χ1v) is 10.2. The van der Waals surface area contributed by atoms with Crippen LogP contribution in [0.2, 0.25) is 0 Å². The highest BCUT2D eigenvalue weighted by Gasteiger charge is 2.37. The Kier molecular flexibility index (Phi) is 5.80. The average Bonchev–Trinajstić information content (AvgIpc) is 2.75. The zero-order valence-corrected chi connectivity index (χ0v) is 17.5. The van der Waals surface area contributed by atoms with Crippen molar-refractivity contribution in [1.29, 1.82) is 0 Å². The number of ether oxygens (including phenoxy) is 1. The van der Waals surface area contributed by atoms with Crippen molar-refractivity contribution in [2.45, 2.75) is 4.90 Å². The molecule has 9 nitrogen and oxygen atoms in total. The van der Waals surface area contributed by atoms with Crippen molar-refractivity contribution in [3.05, 3.63) is 59.4 Å². The minimum absolute atomic E-state index is 0.00790. The number of imide groups is 2. The third-order valence-corrected chi connectivity index (χ3v) is 5.69. The van der Waals surface area contributed by atoms with Gasteiger partial charge < -0.3 is 8.92 Å². The summed E-state index contributed by atoms with van der Waals surface area (Å²) in [5.41, 5.74) is 0.0792. The molecule has 1 aliphatic heterocycles. The third kappa shape index (κ3) is 4.26. The second kappa shape index (κ2) is 8.19. The highest BCUT2D eigenvalue weighted by Crippen LogP contribution is 2.32. The van der Waals surface area contributed by atoms with Crippen LogP contribution in [-0.2, 0) is 19.7 Å². The molecule has 0 N–H and O–H groups in total. The van der Waals surface area contributed by atoms with Crippen molar-refractivity contribution in [1.82, 2.24) is 9.80 Å². The number of nitrogens with zero attached hydrogens (tertiary/aromatic N) is 2. The quantitative estimate of drug-likeness (QED) is 0.391. The maximum Gasteiger partial charge on any atom is 0.339 e. The van der Waals surface area contributed by atoms with E-state index in [2.05, 4.69) is 0 Å². The van der Waals surface area contributed by atoms with Gasteiger partial charge in [-0.15, -0.1) is 0 Å². The number of benzene rings is 2. The van der Waals surface area contributed by atoms with Gasteiger partial charge in [-0.05, 0) is 48.0 Å². The zero-order chi connectivity index (χ0) is 22.9. The number of urea groups is 1. The molecule has 0 bridgehead atoms. The number of carbonyl (C=O) groups excluding carboxylic acids is 3. The van der Waals surface area contributed by atoms with Crippen LogP contribution in [0.1, 0.15) is 5.56 Å². The van der Waals surface area contributed by atoms with Gasteiger partial charge in [-0.3, -0.25) is 19.4 Å². The molecule has 1 aliphatic rings. The Morgan fingerprint density at radius 2 is 1.48 bits per heavy atom. The number of amides is 4. The van der Waals surface area contributed by atoms with Crippen LogP contribution < -0.4 is 8.92 Å². The Morgan fingerprint density at radius 3 is 2.03 bits per heavy atom. The lowest BCUT2D eigenvalue weighted by Crippen LogP contribution is -2.52. The van der Waals surface area contributed by atoms with Gasteiger partial charge in [0.25, 0.3) is 11.8 Å². The van der Waals surface area contributed by atoms with Crippen molar-refractivity contribution < 1.29 is 36.1 Å². The van der Waals surface area contributed by atoms with E-state index in [-0.39, 0.29) is 22.0 Å². The fraction of sp³-hybridized carbons (Fsp3) is 0.150. The number of barbiturate groups is 1. The number of halogens is 1. The third-order valence-electron chi connectivity index (χ3n) is 4.44. The van der Waals surface area contributed by atoms with Gasteiger partial charge >= 0.3 is 16.1 Å². The molecular formula is C20H17FN2O7S. The summed E-state index contributed by atoms with van der Waals surface area (Å²) in [6, 6.07) is 7.39. The van der Waals surface area contributed by atoms with Gasteiger partial charge in [0.05, 0.1) is 7.11 Å². The predicted molar refractivity (Wildman–Crippen MR) is 106 cm³/mol. The summed E-state index contributed by atoms with van der Waals surface area (Å²) in [5, 5.41) is 0. The van der Waals surface area contributed by atoms with Gasteiger partial charge in [-0.1, -0.05) is 6.07 Å². The first kappa shape index (κ1) is 22.0. The Morgan fingerprint density at radius 1 is 0.903 bits per heavy atom. The molecule has 3 rings (SSSR count). The summed E-state index contributed by atoms with van der Waals surface area (Å²) in [7, 11) is -0.485. The molecule has 0 spiro atoms. The van der Waals surface area contributed by atoms with Crippen LogP contribution in [0.25, 0.3) is 6.08 Å². The van der Waals surface area contributed by atoms with E-state index in [0.717, 1.165) is 34.1 Å². The lowest BCUT2D eigenvalue weighted by molar-refractivity contribution is -0.134. The van der Waals surface area contributed by atoms with Crippen molar-refractivity contribution >= 4 is 34.0 Å². The van der Waals surface area contributed by atoms with E-state index in [9.17, 15) is 27.2 Å². The smallest absolute Gasteiger partial charge is 0.339 e. The first-order chi connectivity index (χ1) is 14.5. The number of hydrogen-bond acceptors (Lipinski definition) is 7. The first-order valence-electron chi connectivity index (χ1n) is 8.75. The number of carbonyl (C=O) groups is 3. The molecule has 1 heterocycles. The second-order valence-electron chi connectivity index (χ2n) is 6.47. The Bertz CT molecular complexity index is 1180. The van der Waals surface area contributed by atoms with Crippen LogP contribution >= 0.6 is 0 Å². The molecule has 2 aromatic carbocycles. The predicted octanol–water partition coefficient (Wildman–Crippen LogP) is 2.04. The molecule has 0 aromatic heterocycles. The molecule has 1 saturated heterocycles. The molecule has 162 valence electrons. The van der Waals surface area contributed by atoms with Crippen molar-refractivity contribution in [2.75, 3.05) is 21.2 Å². The van der Waals surface area contributed by atoms with E-state index in [1.807, 2.05) is 0 Å². The van der Waals surface area contributed by atoms with E-state index in [1.54, 1.807) is 0 Å². The number of likely N-dealkylation sites (N-methyl/N-ethyl adjacent to an activating group) is 2. The highest BCUT2D eigenvalue weighted by atomic mass is 32.2.